The zero-order valence-corrected chi connectivity index (χ0v) is 16.9. The van der Waals surface area contributed by atoms with Gasteiger partial charge < -0.3 is 10.1 Å². The minimum Gasteiger partial charge on any atom is -0.469 e. The summed E-state index contributed by atoms with van der Waals surface area (Å²) in [5.74, 6) is -0.690. The van der Waals surface area contributed by atoms with Crippen LogP contribution in [0.3, 0.4) is 0 Å². The molecule has 138 valence electrons. The molecule has 3 aromatic rings. The molecule has 0 bridgehead atoms. The topological polar surface area (TPSA) is 68.3 Å². The highest BCUT2D eigenvalue weighted by Crippen LogP contribution is 2.23. The molecule has 3 rings (SSSR count). The quantitative estimate of drug-likeness (QED) is 0.449. The van der Waals surface area contributed by atoms with Crippen molar-refractivity contribution >= 4 is 55.4 Å². The Kier molecular flexibility index (Phi) is 6.36. The van der Waals surface area contributed by atoms with Gasteiger partial charge in [0.1, 0.15) is 5.01 Å². The second-order valence-corrected chi connectivity index (χ2v) is 7.72. The second kappa shape index (κ2) is 8.92. The number of aromatic nitrogens is 1. The summed E-state index contributed by atoms with van der Waals surface area (Å²) in [6.07, 6.45) is 3.16. The Bertz CT molecular complexity index is 949. The van der Waals surface area contributed by atoms with E-state index < -0.39 is 12.0 Å². The number of nitrogens with zero attached hydrogens (tertiary/aromatic N) is 1. The Labute approximate surface area is 169 Å². The summed E-state index contributed by atoms with van der Waals surface area (Å²) in [6, 6.07) is 14.8. The molecule has 1 N–H and O–H groups in total. The molecule has 27 heavy (non-hydrogen) atoms. The first-order valence-electron chi connectivity index (χ1n) is 8.21. The standard InChI is InChI=1S/C20H17BrN2O3S/c1-26-20(25)12-16(13-6-8-14(21)9-7-13)22-18(24)10-11-19-23-15-4-2-3-5-17(15)27-19/h2-11,16H,12H2,1H3,(H,22,24)/b11-10+. The number of benzene rings is 2. The van der Waals surface area contributed by atoms with Crippen LogP contribution in [0.5, 0.6) is 0 Å². The van der Waals surface area contributed by atoms with E-state index in [1.807, 2.05) is 48.5 Å². The summed E-state index contributed by atoms with van der Waals surface area (Å²) in [5, 5.41) is 3.61. The van der Waals surface area contributed by atoms with Crippen molar-refractivity contribution in [2.45, 2.75) is 12.5 Å². The Morgan fingerprint density at radius 2 is 1.96 bits per heavy atom. The molecule has 1 aromatic heterocycles. The fourth-order valence-corrected chi connectivity index (χ4v) is 3.66. The zero-order chi connectivity index (χ0) is 19.2. The van der Waals surface area contributed by atoms with Crippen molar-refractivity contribution in [2.24, 2.45) is 0 Å². The number of carbonyl (C=O) groups excluding carboxylic acids is 2. The molecule has 0 fully saturated rings. The summed E-state index contributed by atoms with van der Waals surface area (Å²) in [7, 11) is 1.33. The average Bonchev–Trinajstić information content (AvgIpc) is 3.09. The van der Waals surface area contributed by atoms with Crippen LogP contribution in [0, 0.1) is 0 Å². The summed E-state index contributed by atoms with van der Waals surface area (Å²) < 4.78 is 6.73. The van der Waals surface area contributed by atoms with E-state index in [1.54, 1.807) is 6.08 Å². The number of hydrogen-bond donors (Lipinski definition) is 1. The lowest BCUT2D eigenvalue weighted by molar-refractivity contribution is -0.141. The number of fused-ring (bicyclic) bond motifs is 1. The maximum atomic E-state index is 12.4. The molecule has 0 saturated carbocycles. The van der Waals surface area contributed by atoms with Crippen molar-refractivity contribution in [3.63, 3.8) is 0 Å². The van der Waals surface area contributed by atoms with Gasteiger partial charge in [-0.15, -0.1) is 11.3 Å². The van der Waals surface area contributed by atoms with Gasteiger partial charge in [0.15, 0.2) is 0 Å². The van der Waals surface area contributed by atoms with Crippen LogP contribution >= 0.6 is 27.3 Å². The molecule has 0 radical (unpaired) electrons. The number of amides is 1. The van der Waals surface area contributed by atoms with E-state index in [1.165, 1.54) is 24.5 Å². The molecular formula is C20H17BrN2O3S. The third kappa shape index (κ3) is 5.24. The first-order chi connectivity index (χ1) is 13.0. The predicted molar refractivity (Wildman–Crippen MR) is 110 cm³/mol. The molecule has 5 nitrogen and oxygen atoms in total. The number of ether oxygens (including phenoxy) is 1. The minimum atomic E-state index is -0.474. The van der Waals surface area contributed by atoms with E-state index in [9.17, 15) is 9.59 Å². The van der Waals surface area contributed by atoms with Crippen LogP contribution in [-0.2, 0) is 14.3 Å². The number of rotatable bonds is 6. The third-order valence-corrected chi connectivity index (χ3v) is 5.41. The van der Waals surface area contributed by atoms with Crippen LogP contribution in [-0.4, -0.2) is 24.0 Å². The summed E-state index contributed by atoms with van der Waals surface area (Å²) in [5.41, 5.74) is 1.73. The van der Waals surface area contributed by atoms with Gasteiger partial charge in [0, 0.05) is 10.5 Å². The number of carbonyl (C=O) groups is 2. The number of para-hydroxylation sites is 1. The van der Waals surface area contributed by atoms with Crippen molar-refractivity contribution in [3.8, 4) is 0 Å². The van der Waals surface area contributed by atoms with Gasteiger partial charge in [0.2, 0.25) is 5.91 Å². The zero-order valence-electron chi connectivity index (χ0n) is 14.5. The van der Waals surface area contributed by atoms with Crippen molar-refractivity contribution < 1.29 is 14.3 Å². The summed E-state index contributed by atoms with van der Waals surface area (Å²) in [6.45, 7) is 0. The molecule has 7 heteroatoms. The van der Waals surface area contributed by atoms with Gasteiger partial charge in [-0.2, -0.15) is 0 Å². The third-order valence-electron chi connectivity index (χ3n) is 3.88. The number of methoxy groups -OCH3 is 1. The number of thiazole rings is 1. The molecule has 1 atom stereocenters. The van der Waals surface area contributed by atoms with Gasteiger partial charge in [0.05, 0.1) is 29.8 Å². The molecule has 1 amide bonds. The molecule has 0 aliphatic carbocycles. The SMILES string of the molecule is COC(=O)CC(NC(=O)/C=C/c1nc2ccccc2s1)c1ccc(Br)cc1. The van der Waals surface area contributed by atoms with E-state index >= 15 is 0 Å². The van der Waals surface area contributed by atoms with Crippen LogP contribution in [0.4, 0.5) is 0 Å². The molecule has 0 saturated heterocycles. The van der Waals surface area contributed by atoms with Gasteiger partial charge in [-0.3, -0.25) is 9.59 Å². The molecule has 1 heterocycles. The largest absolute Gasteiger partial charge is 0.469 e. The van der Waals surface area contributed by atoms with E-state index in [0.29, 0.717) is 0 Å². The van der Waals surface area contributed by atoms with Crippen LogP contribution in [0.25, 0.3) is 16.3 Å². The van der Waals surface area contributed by atoms with Crippen molar-refractivity contribution in [1.82, 2.24) is 10.3 Å². The van der Waals surface area contributed by atoms with Crippen molar-refractivity contribution in [3.05, 3.63) is 69.7 Å². The Balaban J connectivity index is 1.72. The average molecular weight is 445 g/mol. The maximum absolute atomic E-state index is 12.4. The highest BCUT2D eigenvalue weighted by Gasteiger charge is 2.18. The smallest absolute Gasteiger partial charge is 0.307 e. The van der Waals surface area contributed by atoms with Crippen LogP contribution in [0.15, 0.2) is 59.1 Å². The Hall–Kier alpha value is -2.51. The monoisotopic (exact) mass is 444 g/mol. The maximum Gasteiger partial charge on any atom is 0.307 e. The predicted octanol–water partition coefficient (Wildman–Crippen LogP) is 4.49. The normalized spacial score (nSPS) is 12.2. The van der Waals surface area contributed by atoms with Gasteiger partial charge in [-0.1, -0.05) is 40.2 Å². The van der Waals surface area contributed by atoms with Crippen molar-refractivity contribution in [2.75, 3.05) is 7.11 Å². The Morgan fingerprint density at radius 1 is 1.22 bits per heavy atom. The van der Waals surface area contributed by atoms with Crippen molar-refractivity contribution in [1.29, 1.82) is 0 Å². The van der Waals surface area contributed by atoms with Gasteiger partial charge in [0.25, 0.3) is 0 Å². The lowest BCUT2D eigenvalue weighted by Gasteiger charge is -2.17. The van der Waals surface area contributed by atoms with E-state index in [-0.39, 0.29) is 12.3 Å². The molecule has 2 aromatic carbocycles. The molecular weight excluding hydrogens is 428 g/mol. The van der Waals surface area contributed by atoms with Gasteiger partial charge in [-0.05, 0) is 35.9 Å². The number of halogens is 1. The van der Waals surface area contributed by atoms with Crippen LogP contribution < -0.4 is 5.32 Å². The van der Waals surface area contributed by atoms with E-state index in [4.69, 9.17) is 4.74 Å². The van der Waals surface area contributed by atoms with E-state index in [0.717, 1.165) is 25.3 Å². The fourth-order valence-electron chi connectivity index (χ4n) is 2.53. The first-order valence-corrected chi connectivity index (χ1v) is 9.82. The Morgan fingerprint density at radius 3 is 2.67 bits per heavy atom. The second-order valence-electron chi connectivity index (χ2n) is 5.75. The molecule has 1 unspecified atom stereocenters. The fraction of sp³-hybridized carbons (Fsp3) is 0.150. The van der Waals surface area contributed by atoms with Crippen LogP contribution in [0.2, 0.25) is 0 Å². The minimum absolute atomic E-state index is 0.0544. The van der Waals surface area contributed by atoms with Gasteiger partial charge >= 0.3 is 5.97 Å². The lowest BCUT2D eigenvalue weighted by atomic mass is 10.0. The molecule has 0 aliphatic heterocycles. The highest BCUT2D eigenvalue weighted by molar-refractivity contribution is 9.10. The van der Waals surface area contributed by atoms with E-state index in [2.05, 4.69) is 26.2 Å². The summed E-state index contributed by atoms with van der Waals surface area (Å²) in [4.78, 5) is 28.5. The molecule has 0 spiro atoms. The first kappa shape index (κ1) is 19.3. The number of hydrogen-bond acceptors (Lipinski definition) is 5. The molecule has 0 aliphatic rings. The summed E-state index contributed by atoms with van der Waals surface area (Å²) >= 11 is 4.89. The highest BCUT2D eigenvalue weighted by atomic mass is 79.9. The number of esters is 1. The van der Waals surface area contributed by atoms with Crippen LogP contribution in [0.1, 0.15) is 23.0 Å². The van der Waals surface area contributed by atoms with Gasteiger partial charge in [-0.25, -0.2) is 4.98 Å². The number of nitrogens with one attached hydrogen (secondary N) is 1. The lowest BCUT2D eigenvalue weighted by Crippen LogP contribution is -2.29.